The van der Waals surface area contributed by atoms with Crippen molar-refractivity contribution in [2.24, 2.45) is 0 Å². The maximum absolute atomic E-state index is 12.1. The number of aromatic carboxylic acids is 1. The first kappa shape index (κ1) is 16.0. The van der Waals surface area contributed by atoms with E-state index in [0.29, 0.717) is 12.1 Å². The molecule has 0 atom stereocenters. The van der Waals surface area contributed by atoms with E-state index in [2.05, 4.69) is 10.3 Å². The number of benzene rings is 2. The summed E-state index contributed by atoms with van der Waals surface area (Å²) in [4.78, 5) is 25.2. The van der Waals surface area contributed by atoms with Gasteiger partial charge in [-0.05, 0) is 30.2 Å². The van der Waals surface area contributed by atoms with Crippen molar-refractivity contribution in [1.82, 2.24) is 15.0 Å². The molecule has 1 aromatic heterocycles. The SMILES string of the molecule is O=C(O)c1cnnn1-c1ccc(-c2ccccc2N2CCCC2=O)cc1. The number of para-hydroxylation sites is 1. The summed E-state index contributed by atoms with van der Waals surface area (Å²) in [5, 5.41) is 16.7. The molecular formula is C19H16N4O3. The Balaban J connectivity index is 1.71. The van der Waals surface area contributed by atoms with E-state index in [1.807, 2.05) is 41.3 Å². The molecular weight excluding hydrogens is 332 g/mol. The van der Waals surface area contributed by atoms with E-state index in [0.717, 1.165) is 29.8 Å². The van der Waals surface area contributed by atoms with Crippen LogP contribution in [-0.4, -0.2) is 38.5 Å². The van der Waals surface area contributed by atoms with Crippen LogP contribution in [0.1, 0.15) is 23.3 Å². The second-order valence-corrected chi connectivity index (χ2v) is 6.05. The van der Waals surface area contributed by atoms with Gasteiger partial charge in [-0.2, -0.15) is 0 Å². The number of carbonyl (C=O) groups excluding carboxylic acids is 1. The number of carboxylic acids is 1. The van der Waals surface area contributed by atoms with Crippen LogP contribution in [0.3, 0.4) is 0 Å². The fraction of sp³-hybridized carbons (Fsp3) is 0.158. The van der Waals surface area contributed by atoms with Gasteiger partial charge < -0.3 is 10.0 Å². The lowest BCUT2D eigenvalue weighted by atomic mass is 10.0. The van der Waals surface area contributed by atoms with Crippen molar-refractivity contribution in [1.29, 1.82) is 0 Å². The summed E-state index contributed by atoms with van der Waals surface area (Å²) in [5.41, 5.74) is 3.42. The first-order valence-corrected chi connectivity index (χ1v) is 8.29. The summed E-state index contributed by atoms with van der Waals surface area (Å²) in [6, 6.07) is 15.2. The Morgan fingerprint density at radius 1 is 1.08 bits per heavy atom. The highest BCUT2D eigenvalue weighted by atomic mass is 16.4. The minimum Gasteiger partial charge on any atom is -0.476 e. The molecule has 3 aromatic rings. The molecule has 0 saturated carbocycles. The molecule has 0 radical (unpaired) electrons. The predicted octanol–water partition coefficient (Wildman–Crippen LogP) is 2.76. The quantitative estimate of drug-likeness (QED) is 0.783. The van der Waals surface area contributed by atoms with Crippen LogP contribution < -0.4 is 4.90 Å². The number of anilines is 1. The number of hydrogen-bond acceptors (Lipinski definition) is 4. The normalized spacial score (nSPS) is 14.0. The number of amides is 1. The van der Waals surface area contributed by atoms with Crippen molar-refractivity contribution >= 4 is 17.6 Å². The number of aromatic nitrogens is 3. The fourth-order valence-corrected chi connectivity index (χ4v) is 3.21. The Kier molecular flexibility index (Phi) is 3.96. The van der Waals surface area contributed by atoms with Crippen molar-refractivity contribution in [3.8, 4) is 16.8 Å². The van der Waals surface area contributed by atoms with Crippen molar-refractivity contribution < 1.29 is 14.7 Å². The summed E-state index contributed by atoms with van der Waals surface area (Å²) in [5.74, 6) is -0.945. The second-order valence-electron chi connectivity index (χ2n) is 6.05. The smallest absolute Gasteiger partial charge is 0.356 e. The Labute approximate surface area is 149 Å². The number of carbonyl (C=O) groups is 2. The van der Waals surface area contributed by atoms with Crippen LogP contribution in [0.15, 0.2) is 54.7 Å². The van der Waals surface area contributed by atoms with Crippen LogP contribution in [0.5, 0.6) is 0 Å². The number of hydrogen-bond donors (Lipinski definition) is 1. The average molecular weight is 348 g/mol. The lowest BCUT2D eigenvalue weighted by Crippen LogP contribution is -2.24. The van der Waals surface area contributed by atoms with Crippen LogP contribution in [0.25, 0.3) is 16.8 Å². The third-order valence-electron chi connectivity index (χ3n) is 4.46. The first-order valence-electron chi connectivity index (χ1n) is 8.29. The van der Waals surface area contributed by atoms with E-state index in [-0.39, 0.29) is 11.6 Å². The monoisotopic (exact) mass is 348 g/mol. The topological polar surface area (TPSA) is 88.3 Å². The van der Waals surface area contributed by atoms with E-state index in [9.17, 15) is 14.7 Å². The summed E-state index contributed by atoms with van der Waals surface area (Å²) < 4.78 is 1.28. The molecule has 1 aliphatic heterocycles. The van der Waals surface area contributed by atoms with Gasteiger partial charge in [-0.1, -0.05) is 35.5 Å². The zero-order valence-electron chi connectivity index (χ0n) is 13.9. The maximum atomic E-state index is 12.1. The zero-order chi connectivity index (χ0) is 18.1. The predicted molar refractivity (Wildman–Crippen MR) is 95.3 cm³/mol. The lowest BCUT2D eigenvalue weighted by Gasteiger charge is -2.20. The van der Waals surface area contributed by atoms with E-state index in [1.54, 1.807) is 12.1 Å². The summed E-state index contributed by atoms with van der Waals surface area (Å²) in [6.07, 6.45) is 2.67. The third kappa shape index (κ3) is 2.73. The van der Waals surface area contributed by atoms with Gasteiger partial charge in [0.05, 0.1) is 17.6 Å². The third-order valence-corrected chi connectivity index (χ3v) is 4.46. The molecule has 130 valence electrons. The molecule has 1 aliphatic rings. The van der Waals surface area contributed by atoms with Gasteiger partial charge in [0, 0.05) is 18.5 Å². The van der Waals surface area contributed by atoms with Crippen molar-refractivity contribution in [2.75, 3.05) is 11.4 Å². The van der Waals surface area contributed by atoms with Gasteiger partial charge in [-0.3, -0.25) is 4.79 Å². The number of nitrogens with zero attached hydrogens (tertiary/aromatic N) is 4. The van der Waals surface area contributed by atoms with Gasteiger partial charge in [-0.15, -0.1) is 5.10 Å². The van der Waals surface area contributed by atoms with E-state index < -0.39 is 5.97 Å². The molecule has 1 saturated heterocycles. The highest BCUT2D eigenvalue weighted by Gasteiger charge is 2.24. The minimum atomic E-state index is -1.09. The highest BCUT2D eigenvalue weighted by molar-refractivity contribution is 5.99. The van der Waals surface area contributed by atoms with Crippen LogP contribution in [0, 0.1) is 0 Å². The van der Waals surface area contributed by atoms with Crippen molar-refractivity contribution in [2.45, 2.75) is 12.8 Å². The minimum absolute atomic E-state index is 0.000753. The molecule has 26 heavy (non-hydrogen) atoms. The van der Waals surface area contributed by atoms with Gasteiger partial charge in [-0.25, -0.2) is 9.48 Å². The average Bonchev–Trinajstić information content (AvgIpc) is 3.31. The fourth-order valence-electron chi connectivity index (χ4n) is 3.21. The van der Waals surface area contributed by atoms with E-state index in [1.165, 1.54) is 10.9 Å². The molecule has 4 rings (SSSR count). The Hall–Kier alpha value is -3.48. The molecule has 1 fully saturated rings. The second kappa shape index (κ2) is 6.44. The molecule has 2 heterocycles. The van der Waals surface area contributed by atoms with Gasteiger partial charge in [0.25, 0.3) is 0 Å². The molecule has 7 heteroatoms. The molecule has 7 nitrogen and oxygen atoms in total. The van der Waals surface area contributed by atoms with Gasteiger partial charge in [0.1, 0.15) is 0 Å². The Morgan fingerprint density at radius 2 is 1.85 bits per heavy atom. The summed E-state index contributed by atoms with van der Waals surface area (Å²) >= 11 is 0. The van der Waals surface area contributed by atoms with Crippen LogP contribution in [0.2, 0.25) is 0 Å². The van der Waals surface area contributed by atoms with Crippen LogP contribution in [0.4, 0.5) is 5.69 Å². The molecule has 0 unspecified atom stereocenters. The maximum Gasteiger partial charge on any atom is 0.356 e. The summed E-state index contributed by atoms with van der Waals surface area (Å²) in [7, 11) is 0. The van der Waals surface area contributed by atoms with Crippen LogP contribution >= 0.6 is 0 Å². The van der Waals surface area contributed by atoms with E-state index >= 15 is 0 Å². The molecule has 0 spiro atoms. The number of rotatable bonds is 4. The Bertz CT molecular complexity index is 978. The highest BCUT2D eigenvalue weighted by Crippen LogP contribution is 2.33. The lowest BCUT2D eigenvalue weighted by molar-refractivity contribution is -0.117. The first-order chi connectivity index (χ1) is 12.6. The number of carboxylic acid groups (broad SMARTS) is 1. The van der Waals surface area contributed by atoms with Gasteiger partial charge in [0.15, 0.2) is 5.69 Å². The molecule has 1 amide bonds. The largest absolute Gasteiger partial charge is 0.476 e. The Morgan fingerprint density at radius 3 is 2.54 bits per heavy atom. The van der Waals surface area contributed by atoms with Gasteiger partial charge in [0.2, 0.25) is 5.91 Å². The molecule has 0 bridgehead atoms. The van der Waals surface area contributed by atoms with Crippen LogP contribution in [-0.2, 0) is 4.79 Å². The zero-order valence-corrected chi connectivity index (χ0v) is 13.9. The van der Waals surface area contributed by atoms with Crippen molar-refractivity contribution in [3.63, 3.8) is 0 Å². The molecule has 1 N–H and O–H groups in total. The van der Waals surface area contributed by atoms with Gasteiger partial charge >= 0.3 is 5.97 Å². The molecule has 0 aliphatic carbocycles. The summed E-state index contributed by atoms with van der Waals surface area (Å²) in [6.45, 7) is 0.731. The molecule has 2 aromatic carbocycles. The standard InChI is InChI=1S/C19H16N4O3/c24-18-6-3-11-22(18)16-5-2-1-4-15(16)13-7-9-14(10-8-13)23-17(19(25)26)12-20-21-23/h1-2,4-5,7-10,12H,3,6,11H2,(H,25,26). The van der Waals surface area contributed by atoms with Crippen molar-refractivity contribution in [3.05, 3.63) is 60.4 Å². The van der Waals surface area contributed by atoms with E-state index in [4.69, 9.17) is 0 Å².